The summed E-state index contributed by atoms with van der Waals surface area (Å²) in [6.45, 7) is 4.18. The van der Waals surface area contributed by atoms with Crippen LogP contribution in [0, 0.1) is 0 Å². The summed E-state index contributed by atoms with van der Waals surface area (Å²) < 4.78 is 1.93. The van der Waals surface area contributed by atoms with Crippen LogP contribution in [0.15, 0.2) is 36.0 Å². The second-order valence-electron chi connectivity index (χ2n) is 3.62. The number of hydrogen-bond acceptors (Lipinski definition) is 1. The first-order valence-electron chi connectivity index (χ1n) is 4.83. The normalized spacial score (nSPS) is 10.9. The lowest BCUT2D eigenvalue weighted by Gasteiger charge is -2.03. The van der Waals surface area contributed by atoms with Crippen LogP contribution in [0.3, 0.4) is 0 Å². The third-order valence-corrected chi connectivity index (χ3v) is 2.79. The molecular weight excluding hydrogens is 245 g/mol. The Bertz CT molecular complexity index is 545. The van der Waals surface area contributed by atoms with Gasteiger partial charge >= 0.3 is 0 Å². The Kier molecular flexibility index (Phi) is 3.24. The van der Waals surface area contributed by atoms with E-state index in [1.165, 1.54) is 0 Å². The summed E-state index contributed by atoms with van der Waals surface area (Å²) in [6, 6.07) is 5.56. The monoisotopic (exact) mass is 255 g/mol. The van der Waals surface area contributed by atoms with Gasteiger partial charge in [-0.3, -0.25) is 0 Å². The van der Waals surface area contributed by atoms with Gasteiger partial charge in [0.1, 0.15) is 0 Å². The maximum absolute atomic E-state index is 9.25. The van der Waals surface area contributed by atoms with Crippen LogP contribution < -0.4 is 0 Å². The molecule has 0 amide bonds. The fourth-order valence-corrected chi connectivity index (χ4v) is 2.08. The van der Waals surface area contributed by atoms with Crippen molar-refractivity contribution >= 4 is 34.1 Å². The van der Waals surface area contributed by atoms with Gasteiger partial charge in [-0.2, -0.15) is 0 Å². The molecule has 84 valence electrons. The fourth-order valence-electron chi connectivity index (χ4n) is 1.78. The maximum Gasteiger partial charge on any atom is 0.0702 e. The van der Waals surface area contributed by atoms with Crippen LogP contribution in [0.4, 0.5) is 0 Å². The van der Waals surface area contributed by atoms with E-state index in [1.807, 2.05) is 29.0 Å². The van der Waals surface area contributed by atoms with Gasteiger partial charge in [-0.15, -0.1) is 0 Å². The van der Waals surface area contributed by atoms with Crippen molar-refractivity contribution in [2.45, 2.75) is 13.2 Å². The Morgan fingerprint density at radius 2 is 2.19 bits per heavy atom. The first kappa shape index (κ1) is 11.5. The highest BCUT2D eigenvalue weighted by molar-refractivity contribution is 6.31. The first-order chi connectivity index (χ1) is 7.61. The first-order valence-corrected chi connectivity index (χ1v) is 5.59. The van der Waals surface area contributed by atoms with Crippen molar-refractivity contribution in [1.29, 1.82) is 0 Å². The number of benzene rings is 1. The zero-order valence-corrected chi connectivity index (χ0v) is 10.1. The number of aliphatic hydroxyl groups excluding tert-OH is 1. The molecule has 4 heteroatoms. The van der Waals surface area contributed by atoms with Gasteiger partial charge in [-0.05, 0) is 12.1 Å². The highest BCUT2D eigenvalue weighted by atomic mass is 35.5. The molecule has 0 saturated carbocycles. The molecule has 0 spiro atoms. The zero-order valence-electron chi connectivity index (χ0n) is 8.58. The second kappa shape index (κ2) is 4.50. The number of allylic oxidation sites excluding steroid dienone is 1. The molecule has 0 atom stereocenters. The van der Waals surface area contributed by atoms with Gasteiger partial charge in [-0.1, -0.05) is 35.8 Å². The SMILES string of the molecule is C=C(Cl)Cn1cc(CO)c2ccc(Cl)cc21. The Hall–Kier alpha value is -0.960. The van der Waals surface area contributed by atoms with Crippen molar-refractivity contribution in [2.24, 2.45) is 0 Å². The molecule has 1 N–H and O–H groups in total. The minimum absolute atomic E-state index is 0.000105. The number of aromatic nitrogens is 1. The third-order valence-electron chi connectivity index (χ3n) is 2.44. The summed E-state index contributed by atoms with van der Waals surface area (Å²) in [6.07, 6.45) is 1.87. The molecule has 0 aliphatic heterocycles. The molecule has 1 aromatic heterocycles. The van der Waals surface area contributed by atoms with Gasteiger partial charge < -0.3 is 9.67 Å². The molecule has 0 aliphatic rings. The van der Waals surface area contributed by atoms with Gasteiger partial charge in [0.15, 0.2) is 0 Å². The Labute approximate surface area is 104 Å². The van der Waals surface area contributed by atoms with Crippen LogP contribution in [0.2, 0.25) is 5.02 Å². The van der Waals surface area contributed by atoms with Crippen molar-refractivity contribution in [3.8, 4) is 0 Å². The van der Waals surface area contributed by atoms with E-state index < -0.39 is 0 Å². The highest BCUT2D eigenvalue weighted by Gasteiger charge is 2.08. The molecule has 2 rings (SSSR count). The molecule has 1 heterocycles. The lowest BCUT2D eigenvalue weighted by molar-refractivity contribution is 0.283. The van der Waals surface area contributed by atoms with E-state index >= 15 is 0 Å². The molecule has 0 bridgehead atoms. The minimum atomic E-state index is -0.000105. The average Bonchev–Trinajstić information content (AvgIpc) is 2.55. The maximum atomic E-state index is 9.25. The minimum Gasteiger partial charge on any atom is -0.392 e. The predicted molar refractivity (Wildman–Crippen MR) is 67.9 cm³/mol. The largest absolute Gasteiger partial charge is 0.392 e. The van der Waals surface area contributed by atoms with Gasteiger partial charge in [0, 0.05) is 27.2 Å². The molecular formula is C12H11Cl2NO. The van der Waals surface area contributed by atoms with Crippen molar-refractivity contribution in [1.82, 2.24) is 4.57 Å². The number of halogens is 2. The van der Waals surface area contributed by atoms with Crippen molar-refractivity contribution in [2.75, 3.05) is 0 Å². The number of fused-ring (bicyclic) bond motifs is 1. The van der Waals surface area contributed by atoms with Crippen LogP contribution in [0.5, 0.6) is 0 Å². The fraction of sp³-hybridized carbons (Fsp3) is 0.167. The van der Waals surface area contributed by atoms with Gasteiger partial charge in [-0.25, -0.2) is 0 Å². The quantitative estimate of drug-likeness (QED) is 0.892. The molecule has 1 aromatic carbocycles. The summed E-state index contributed by atoms with van der Waals surface area (Å²) in [5.74, 6) is 0. The third kappa shape index (κ3) is 2.09. The van der Waals surface area contributed by atoms with Crippen molar-refractivity contribution in [3.05, 3.63) is 46.6 Å². The molecule has 0 aliphatic carbocycles. The van der Waals surface area contributed by atoms with Crippen molar-refractivity contribution in [3.63, 3.8) is 0 Å². The zero-order chi connectivity index (χ0) is 11.7. The molecule has 16 heavy (non-hydrogen) atoms. The summed E-state index contributed by atoms with van der Waals surface area (Å²) in [7, 11) is 0. The molecule has 2 nitrogen and oxygen atoms in total. The van der Waals surface area contributed by atoms with Crippen LogP contribution in [0.25, 0.3) is 10.9 Å². The number of hydrogen-bond donors (Lipinski definition) is 1. The lowest BCUT2D eigenvalue weighted by Crippen LogP contribution is -1.94. The Morgan fingerprint density at radius 1 is 1.44 bits per heavy atom. The smallest absolute Gasteiger partial charge is 0.0702 e. The van der Waals surface area contributed by atoms with Crippen LogP contribution in [0.1, 0.15) is 5.56 Å². The lowest BCUT2D eigenvalue weighted by atomic mass is 10.2. The highest BCUT2D eigenvalue weighted by Crippen LogP contribution is 2.25. The van der Waals surface area contributed by atoms with E-state index in [4.69, 9.17) is 23.2 Å². The Balaban J connectivity index is 2.63. The number of aliphatic hydroxyl groups is 1. The molecule has 0 radical (unpaired) electrons. The summed E-state index contributed by atoms with van der Waals surface area (Å²) >= 11 is 11.7. The van der Waals surface area contributed by atoms with Crippen LogP contribution >= 0.6 is 23.2 Å². The van der Waals surface area contributed by atoms with E-state index in [0.717, 1.165) is 16.5 Å². The second-order valence-corrected chi connectivity index (χ2v) is 4.59. The number of rotatable bonds is 3. The van der Waals surface area contributed by atoms with Crippen molar-refractivity contribution < 1.29 is 5.11 Å². The van der Waals surface area contributed by atoms with E-state index in [1.54, 1.807) is 0 Å². The summed E-state index contributed by atoms with van der Waals surface area (Å²) in [4.78, 5) is 0. The molecule has 2 aromatic rings. The van der Waals surface area contributed by atoms with Gasteiger partial charge in [0.05, 0.1) is 18.7 Å². The van der Waals surface area contributed by atoms with E-state index in [0.29, 0.717) is 16.6 Å². The topological polar surface area (TPSA) is 25.2 Å². The average molecular weight is 256 g/mol. The molecule has 0 unspecified atom stereocenters. The predicted octanol–water partition coefficient (Wildman–Crippen LogP) is 3.54. The van der Waals surface area contributed by atoms with E-state index in [-0.39, 0.29) is 6.61 Å². The Morgan fingerprint density at radius 3 is 2.81 bits per heavy atom. The van der Waals surface area contributed by atoms with E-state index in [9.17, 15) is 5.11 Å². The van der Waals surface area contributed by atoms with Crippen LogP contribution in [-0.2, 0) is 13.2 Å². The summed E-state index contributed by atoms with van der Waals surface area (Å²) in [5.41, 5.74) is 1.82. The molecule has 0 saturated heterocycles. The van der Waals surface area contributed by atoms with Gasteiger partial charge in [0.25, 0.3) is 0 Å². The van der Waals surface area contributed by atoms with Gasteiger partial charge in [0.2, 0.25) is 0 Å². The number of nitrogens with zero attached hydrogens (tertiary/aromatic N) is 1. The standard InChI is InChI=1S/C12H11Cl2NO/c1-8(13)5-15-6-9(7-16)11-3-2-10(14)4-12(11)15/h2-4,6,16H,1,5,7H2. The van der Waals surface area contributed by atoms with Crippen LogP contribution in [-0.4, -0.2) is 9.67 Å². The summed E-state index contributed by atoms with van der Waals surface area (Å²) in [5, 5.41) is 11.4. The molecule has 0 fully saturated rings. The van der Waals surface area contributed by atoms with E-state index in [2.05, 4.69) is 6.58 Å².